The van der Waals surface area contributed by atoms with E-state index >= 15 is 0 Å². The summed E-state index contributed by atoms with van der Waals surface area (Å²) in [5, 5.41) is 0. The van der Waals surface area contributed by atoms with Crippen LogP contribution in [0, 0.1) is 11.3 Å². The van der Waals surface area contributed by atoms with Crippen LogP contribution in [-0.4, -0.2) is 67.3 Å². The lowest BCUT2D eigenvalue weighted by molar-refractivity contribution is -0.141. The lowest BCUT2D eigenvalue weighted by atomic mass is 9.82. The molecule has 0 aromatic heterocycles. The van der Waals surface area contributed by atoms with E-state index in [1.165, 1.54) is 12.1 Å². The predicted octanol–water partition coefficient (Wildman–Crippen LogP) is 4.76. The van der Waals surface area contributed by atoms with Crippen LogP contribution in [0.4, 0.5) is 13.2 Å². The molecule has 0 bridgehead atoms. The second kappa shape index (κ2) is 11.0. The number of alkyl halides is 3. The van der Waals surface area contributed by atoms with Crippen molar-refractivity contribution in [3.63, 3.8) is 0 Å². The summed E-state index contributed by atoms with van der Waals surface area (Å²) in [4.78, 5) is 20.2. The SMILES string of the molecule is BN1CCC(CC(=O)N2CCN(C(CCC)c3ccc(C(F)(F)F)cc3)C[C@@H]2C(C)(C)C)CC1. The lowest BCUT2D eigenvalue weighted by Gasteiger charge is -2.50. The summed E-state index contributed by atoms with van der Waals surface area (Å²) in [6.07, 6.45) is 0.282. The van der Waals surface area contributed by atoms with Gasteiger partial charge in [0.1, 0.15) is 0 Å². The van der Waals surface area contributed by atoms with Crippen LogP contribution in [0.5, 0.6) is 0 Å². The summed E-state index contributed by atoms with van der Waals surface area (Å²) in [5.41, 5.74) is 0.231. The fourth-order valence-corrected chi connectivity index (χ4v) is 5.49. The van der Waals surface area contributed by atoms with Crippen LogP contribution >= 0.6 is 0 Å². The Kier molecular flexibility index (Phi) is 8.77. The second-order valence-corrected chi connectivity index (χ2v) is 11.3. The van der Waals surface area contributed by atoms with Gasteiger partial charge < -0.3 is 9.71 Å². The highest BCUT2D eigenvalue weighted by Crippen LogP contribution is 2.36. The highest BCUT2D eigenvalue weighted by atomic mass is 19.4. The fraction of sp³-hybridized carbons (Fsp3) is 0.731. The maximum Gasteiger partial charge on any atom is 0.416 e. The highest BCUT2D eigenvalue weighted by molar-refractivity contribution is 6.04. The second-order valence-electron chi connectivity index (χ2n) is 11.3. The molecule has 4 nitrogen and oxygen atoms in total. The van der Waals surface area contributed by atoms with Gasteiger partial charge in [-0.3, -0.25) is 9.69 Å². The van der Waals surface area contributed by atoms with E-state index in [4.69, 9.17) is 0 Å². The first-order valence-corrected chi connectivity index (χ1v) is 12.8. The van der Waals surface area contributed by atoms with Crippen molar-refractivity contribution in [3.05, 3.63) is 35.4 Å². The monoisotopic (exact) mass is 479 g/mol. The summed E-state index contributed by atoms with van der Waals surface area (Å²) in [6, 6.07) is 5.79. The van der Waals surface area contributed by atoms with Crippen molar-refractivity contribution in [2.24, 2.45) is 11.3 Å². The zero-order chi connectivity index (χ0) is 25.1. The van der Waals surface area contributed by atoms with Gasteiger partial charge in [-0.15, -0.1) is 0 Å². The molecule has 2 aliphatic rings. The van der Waals surface area contributed by atoms with Crippen molar-refractivity contribution < 1.29 is 18.0 Å². The molecule has 3 rings (SSSR count). The minimum absolute atomic E-state index is 0.0586. The Morgan fingerprint density at radius 2 is 1.68 bits per heavy atom. The zero-order valence-corrected chi connectivity index (χ0v) is 21.5. The maximum absolute atomic E-state index is 13.4. The molecule has 0 spiro atoms. The number of amides is 1. The van der Waals surface area contributed by atoms with E-state index in [-0.39, 0.29) is 23.4 Å². The number of carbonyl (C=O) groups is 1. The number of rotatable bonds is 6. The number of hydrogen-bond donors (Lipinski definition) is 0. The molecule has 2 atom stereocenters. The molecule has 2 heterocycles. The average molecular weight is 479 g/mol. The third-order valence-corrected chi connectivity index (χ3v) is 7.66. The van der Waals surface area contributed by atoms with Gasteiger partial charge in [-0.25, -0.2) is 0 Å². The number of benzene rings is 1. The highest BCUT2D eigenvalue weighted by Gasteiger charge is 2.40. The number of halogens is 3. The number of nitrogens with zero attached hydrogens (tertiary/aromatic N) is 3. The Hall–Kier alpha value is -1.54. The summed E-state index contributed by atoms with van der Waals surface area (Å²) in [7, 11) is 2.14. The molecule has 1 aromatic rings. The van der Waals surface area contributed by atoms with Crippen LogP contribution in [-0.2, 0) is 11.0 Å². The molecule has 8 heteroatoms. The third-order valence-electron chi connectivity index (χ3n) is 7.66. The number of piperidine rings is 1. The maximum atomic E-state index is 13.4. The normalized spacial score (nSPS) is 22.7. The third kappa shape index (κ3) is 6.78. The van der Waals surface area contributed by atoms with Crippen molar-refractivity contribution >= 4 is 13.9 Å². The molecular formula is C26H41BF3N3O. The number of hydrogen-bond acceptors (Lipinski definition) is 3. The fourth-order valence-electron chi connectivity index (χ4n) is 5.49. The van der Waals surface area contributed by atoms with Crippen molar-refractivity contribution in [3.8, 4) is 0 Å². The van der Waals surface area contributed by atoms with Crippen LogP contribution in [0.2, 0.25) is 0 Å². The van der Waals surface area contributed by atoms with E-state index < -0.39 is 11.7 Å². The van der Waals surface area contributed by atoms with E-state index in [9.17, 15) is 18.0 Å². The van der Waals surface area contributed by atoms with E-state index in [0.29, 0.717) is 18.9 Å². The molecule has 1 amide bonds. The molecule has 1 unspecified atom stereocenters. The first kappa shape index (κ1) is 27.1. The molecule has 2 aliphatic heterocycles. The Morgan fingerprint density at radius 1 is 1.06 bits per heavy atom. The van der Waals surface area contributed by atoms with Gasteiger partial charge in [-0.2, -0.15) is 13.2 Å². The molecular weight excluding hydrogens is 438 g/mol. The van der Waals surface area contributed by atoms with E-state index in [2.05, 4.69) is 50.3 Å². The minimum atomic E-state index is -4.32. The van der Waals surface area contributed by atoms with Crippen LogP contribution in [0.3, 0.4) is 0 Å². The standard InChI is InChI=1S/C26H41BF3N3O/c1-5-6-22(20-7-9-21(10-8-20)26(28,29)30)31-15-16-33(23(18-31)25(2,3)4)24(34)17-19-11-13-32(27)14-12-19/h7-10,19,22-23H,5-6,11-18,27H2,1-4H3/t22?,23-/m1/s1. The molecule has 1 aromatic carbocycles. The molecule has 34 heavy (non-hydrogen) atoms. The first-order valence-electron chi connectivity index (χ1n) is 12.8. The molecule has 0 saturated carbocycles. The zero-order valence-electron chi connectivity index (χ0n) is 21.5. The Labute approximate surface area is 204 Å². The quantitative estimate of drug-likeness (QED) is 0.551. The van der Waals surface area contributed by atoms with E-state index in [0.717, 1.165) is 57.4 Å². The van der Waals surface area contributed by atoms with Gasteiger partial charge in [-0.1, -0.05) is 46.2 Å². The molecule has 0 N–H and O–H groups in total. The Morgan fingerprint density at radius 3 is 2.21 bits per heavy atom. The Bertz CT molecular complexity index is 801. The van der Waals surface area contributed by atoms with Gasteiger partial charge in [0.2, 0.25) is 5.91 Å². The van der Waals surface area contributed by atoms with E-state index in [1.807, 2.05) is 0 Å². The van der Waals surface area contributed by atoms with Gasteiger partial charge in [0, 0.05) is 38.1 Å². The van der Waals surface area contributed by atoms with Crippen molar-refractivity contribution in [2.45, 2.75) is 78.1 Å². The average Bonchev–Trinajstić information content (AvgIpc) is 2.77. The van der Waals surface area contributed by atoms with E-state index in [1.54, 1.807) is 12.1 Å². The molecule has 2 fully saturated rings. The topological polar surface area (TPSA) is 26.8 Å². The van der Waals surface area contributed by atoms with Gasteiger partial charge in [0.15, 0.2) is 7.98 Å². The summed E-state index contributed by atoms with van der Waals surface area (Å²) < 4.78 is 39.2. The summed E-state index contributed by atoms with van der Waals surface area (Å²) in [5.74, 6) is 0.720. The van der Waals surface area contributed by atoms with Crippen molar-refractivity contribution in [2.75, 3.05) is 32.7 Å². The first-order chi connectivity index (χ1) is 15.9. The molecule has 0 radical (unpaired) electrons. The number of carbonyl (C=O) groups excluding carboxylic acids is 1. The lowest BCUT2D eigenvalue weighted by Crippen LogP contribution is -2.60. The van der Waals surface area contributed by atoms with Gasteiger partial charge >= 0.3 is 6.18 Å². The smallest absolute Gasteiger partial charge is 0.349 e. The molecule has 2 saturated heterocycles. The largest absolute Gasteiger partial charge is 0.416 e. The molecule has 190 valence electrons. The van der Waals surface area contributed by atoms with Gasteiger partial charge in [0.25, 0.3) is 0 Å². The van der Waals surface area contributed by atoms with Gasteiger partial charge in [-0.05, 0) is 61.4 Å². The van der Waals surface area contributed by atoms with Crippen LogP contribution in [0.1, 0.15) is 77.0 Å². The van der Waals surface area contributed by atoms with Crippen LogP contribution in [0.25, 0.3) is 0 Å². The Balaban J connectivity index is 1.74. The number of piperazine rings is 1. The molecule has 0 aliphatic carbocycles. The predicted molar refractivity (Wildman–Crippen MR) is 133 cm³/mol. The van der Waals surface area contributed by atoms with Crippen LogP contribution in [0.15, 0.2) is 24.3 Å². The summed E-state index contributed by atoms with van der Waals surface area (Å²) >= 11 is 0. The van der Waals surface area contributed by atoms with Gasteiger partial charge in [0.05, 0.1) is 5.56 Å². The summed E-state index contributed by atoms with van der Waals surface area (Å²) in [6.45, 7) is 12.9. The van der Waals surface area contributed by atoms with Crippen molar-refractivity contribution in [1.82, 2.24) is 14.6 Å². The van der Waals surface area contributed by atoms with Crippen LogP contribution < -0.4 is 0 Å². The minimum Gasteiger partial charge on any atom is -0.349 e. The van der Waals surface area contributed by atoms with Crippen molar-refractivity contribution in [1.29, 1.82) is 0 Å².